The first-order chi connectivity index (χ1) is 15.0. The predicted octanol–water partition coefficient (Wildman–Crippen LogP) is 1.73. The van der Waals surface area contributed by atoms with Gasteiger partial charge < -0.3 is 10.2 Å². The maximum Gasteiger partial charge on any atom is 0.345 e. The Labute approximate surface area is 183 Å². The molecule has 0 radical (unpaired) electrons. The first kappa shape index (κ1) is 21.6. The molecule has 3 heterocycles. The number of piperazine rings is 1. The van der Waals surface area contributed by atoms with Crippen molar-refractivity contribution in [2.75, 3.05) is 37.6 Å². The first-order valence-corrected chi connectivity index (χ1v) is 11.6. The van der Waals surface area contributed by atoms with Crippen LogP contribution < -0.4 is 15.9 Å². The Hall–Kier alpha value is -2.61. The van der Waals surface area contributed by atoms with Gasteiger partial charge in [0.25, 0.3) is 5.91 Å². The van der Waals surface area contributed by atoms with E-state index in [-0.39, 0.29) is 11.6 Å². The van der Waals surface area contributed by atoms with Gasteiger partial charge in [0.1, 0.15) is 5.82 Å². The molecule has 0 aliphatic carbocycles. The third kappa shape index (κ3) is 5.01. The maximum atomic E-state index is 12.5. The zero-order chi connectivity index (χ0) is 21.8. The molecule has 0 spiro atoms. The van der Waals surface area contributed by atoms with E-state index in [9.17, 15) is 9.59 Å². The molecule has 31 heavy (non-hydrogen) atoms. The summed E-state index contributed by atoms with van der Waals surface area (Å²) in [5.74, 6) is 0.818. The third-order valence-corrected chi connectivity index (χ3v) is 6.40. The predicted molar refractivity (Wildman–Crippen MR) is 122 cm³/mol. The number of fused-ring (bicyclic) bond motifs is 1. The number of aryl methyl sites for hydroxylation is 2. The molecule has 1 aromatic heterocycles. The molecule has 1 saturated heterocycles. The number of nitrogens with zero attached hydrogens (tertiary/aromatic N) is 5. The number of aromatic nitrogens is 3. The smallest absolute Gasteiger partial charge is 0.345 e. The van der Waals surface area contributed by atoms with Crippen LogP contribution in [0.2, 0.25) is 0 Å². The Bertz CT molecular complexity index is 938. The van der Waals surface area contributed by atoms with Crippen LogP contribution in [-0.2, 0) is 19.5 Å². The number of rotatable bonds is 7. The zero-order valence-electron chi connectivity index (χ0n) is 18.7. The summed E-state index contributed by atoms with van der Waals surface area (Å²) in [5, 5.41) is 7.40. The second-order valence-corrected chi connectivity index (χ2v) is 8.80. The van der Waals surface area contributed by atoms with Gasteiger partial charge in [-0.1, -0.05) is 0 Å². The van der Waals surface area contributed by atoms with Crippen molar-refractivity contribution in [3.8, 4) is 0 Å². The van der Waals surface area contributed by atoms with Crippen LogP contribution in [0.3, 0.4) is 0 Å². The summed E-state index contributed by atoms with van der Waals surface area (Å²) < 4.78 is 3.33. The molecule has 0 saturated carbocycles. The van der Waals surface area contributed by atoms with Crippen molar-refractivity contribution in [2.45, 2.75) is 58.7 Å². The van der Waals surface area contributed by atoms with E-state index in [4.69, 9.17) is 0 Å². The highest BCUT2D eigenvalue weighted by atomic mass is 16.2. The molecule has 0 unspecified atom stereocenters. The summed E-state index contributed by atoms with van der Waals surface area (Å²) in [6.07, 6.45) is 3.70. The second-order valence-electron chi connectivity index (χ2n) is 8.80. The van der Waals surface area contributed by atoms with Gasteiger partial charge >= 0.3 is 5.69 Å². The normalized spacial score (nSPS) is 17.1. The molecule has 4 rings (SSSR count). The zero-order valence-corrected chi connectivity index (χ0v) is 18.7. The van der Waals surface area contributed by atoms with Gasteiger partial charge in [-0.2, -0.15) is 5.10 Å². The number of benzene rings is 1. The molecule has 168 valence electrons. The van der Waals surface area contributed by atoms with Crippen LogP contribution in [0.1, 0.15) is 49.3 Å². The third-order valence-electron chi connectivity index (χ3n) is 6.40. The Balaban J connectivity index is 1.23. The fourth-order valence-electron chi connectivity index (χ4n) is 4.45. The van der Waals surface area contributed by atoms with E-state index in [1.54, 1.807) is 9.25 Å². The summed E-state index contributed by atoms with van der Waals surface area (Å²) in [5.41, 5.74) is 1.81. The van der Waals surface area contributed by atoms with Gasteiger partial charge in [-0.3, -0.25) is 14.3 Å². The molecule has 1 aromatic carbocycles. The second kappa shape index (κ2) is 9.68. The van der Waals surface area contributed by atoms with Crippen LogP contribution in [0.5, 0.6) is 0 Å². The van der Waals surface area contributed by atoms with E-state index in [2.05, 4.69) is 34.1 Å². The number of carbonyl (C=O) groups excluding carboxylic acids is 1. The van der Waals surface area contributed by atoms with Crippen LogP contribution in [0.15, 0.2) is 29.1 Å². The van der Waals surface area contributed by atoms with Crippen molar-refractivity contribution >= 4 is 11.6 Å². The largest absolute Gasteiger partial charge is 0.369 e. The van der Waals surface area contributed by atoms with Crippen LogP contribution in [0, 0.1) is 0 Å². The lowest BCUT2D eigenvalue weighted by Crippen LogP contribution is -2.48. The van der Waals surface area contributed by atoms with Gasteiger partial charge in [0, 0.05) is 69.5 Å². The molecule has 2 aromatic rings. The molecular weight excluding hydrogens is 392 g/mol. The lowest BCUT2D eigenvalue weighted by atomic mass is 10.1. The monoisotopic (exact) mass is 426 g/mol. The van der Waals surface area contributed by atoms with E-state index in [1.165, 1.54) is 5.69 Å². The van der Waals surface area contributed by atoms with Crippen molar-refractivity contribution in [3.63, 3.8) is 0 Å². The van der Waals surface area contributed by atoms with Crippen molar-refractivity contribution in [1.29, 1.82) is 0 Å². The molecule has 1 amide bonds. The molecular formula is C23H34N6O2. The highest BCUT2D eigenvalue weighted by Gasteiger charge is 2.19. The lowest BCUT2D eigenvalue weighted by Gasteiger charge is -2.38. The average Bonchev–Trinajstić information content (AvgIpc) is 3.12. The van der Waals surface area contributed by atoms with Gasteiger partial charge in [0.15, 0.2) is 0 Å². The summed E-state index contributed by atoms with van der Waals surface area (Å²) in [7, 11) is 0. The fourth-order valence-corrected chi connectivity index (χ4v) is 4.45. The fraction of sp³-hybridized carbons (Fsp3) is 0.609. The van der Waals surface area contributed by atoms with E-state index in [0.29, 0.717) is 31.1 Å². The van der Waals surface area contributed by atoms with Crippen LogP contribution in [0.4, 0.5) is 5.69 Å². The van der Waals surface area contributed by atoms with Gasteiger partial charge in [-0.25, -0.2) is 9.48 Å². The van der Waals surface area contributed by atoms with Crippen molar-refractivity contribution in [2.24, 2.45) is 0 Å². The molecule has 2 aliphatic rings. The van der Waals surface area contributed by atoms with E-state index >= 15 is 0 Å². The quantitative estimate of drug-likeness (QED) is 0.683. The summed E-state index contributed by atoms with van der Waals surface area (Å²) in [6.45, 7) is 10.5. The number of carbonyl (C=O) groups is 1. The number of hydrogen-bond donors (Lipinski definition) is 1. The SMILES string of the molecule is CC(C)N1CCN(c2ccc(C(=O)NCCCn3nc4n(c3=O)CCCC4)cc2)CC1. The minimum Gasteiger partial charge on any atom is -0.369 e. The van der Waals surface area contributed by atoms with Gasteiger partial charge in [0.05, 0.1) is 0 Å². The highest BCUT2D eigenvalue weighted by molar-refractivity contribution is 5.94. The van der Waals surface area contributed by atoms with E-state index in [1.807, 2.05) is 24.3 Å². The number of amides is 1. The molecule has 1 fully saturated rings. The molecule has 1 N–H and O–H groups in total. The Morgan fingerprint density at radius 2 is 1.81 bits per heavy atom. The Kier molecular flexibility index (Phi) is 6.75. The Morgan fingerprint density at radius 3 is 2.48 bits per heavy atom. The van der Waals surface area contributed by atoms with Gasteiger partial charge in [0.2, 0.25) is 0 Å². The molecule has 0 bridgehead atoms. The van der Waals surface area contributed by atoms with Crippen molar-refractivity contribution in [3.05, 3.63) is 46.1 Å². The highest BCUT2D eigenvalue weighted by Crippen LogP contribution is 2.18. The molecule has 2 aliphatic heterocycles. The van der Waals surface area contributed by atoms with Crippen LogP contribution >= 0.6 is 0 Å². The minimum absolute atomic E-state index is 0.0224. The van der Waals surface area contributed by atoms with Crippen molar-refractivity contribution in [1.82, 2.24) is 24.6 Å². The van der Waals surface area contributed by atoms with Gasteiger partial charge in [-0.05, 0) is 57.4 Å². The summed E-state index contributed by atoms with van der Waals surface area (Å²) in [4.78, 5) is 29.7. The summed E-state index contributed by atoms with van der Waals surface area (Å²) in [6, 6.07) is 8.45. The first-order valence-electron chi connectivity index (χ1n) is 11.6. The van der Waals surface area contributed by atoms with Gasteiger partial charge in [-0.15, -0.1) is 0 Å². The maximum absolute atomic E-state index is 12.5. The summed E-state index contributed by atoms with van der Waals surface area (Å²) >= 11 is 0. The topological polar surface area (TPSA) is 75.4 Å². The van der Waals surface area contributed by atoms with E-state index in [0.717, 1.165) is 57.8 Å². The van der Waals surface area contributed by atoms with Crippen molar-refractivity contribution < 1.29 is 4.79 Å². The number of anilines is 1. The minimum atomic E-state index is -0.0762. The average molecular weight is 427 g/mol. The Morgan fingerprint density at radius 1 is 1.06 bits per heavy atom. The van der Waals surface area contributed by atoms with Crippen LogP contribution in [-0.4, -0.2) is 63.9 Å². The molecule has 8 heteroatoms. The molecule has 8 nitrogen and oxygen atoms in total. The lowest BCUT2D eigenvalue weighted by molar-refractivity contribution is 0.0952. The van der Waals surface area contributed by atoms with E-state index < -0.39 is 0 Å². The van der Waals surface area contributed by atoms with Crippen LogP contribution in [0.25, 0.3) is 0 Å². The standard InChI is InChI=1S/C23H34N6O2/c1-18(2)26-14-16-27(17-15-26)20-9-7-19(8-10-20)22(30)24-11-5-13-29-23(31)28-12-4-3-6-21(28)25-29/h7-10,18H,3-6,11-17H2,1-2H3,(H,24,30). The molecule has 0 atom stereocenters. The number of hydrogen-bond acceptors (Lipinski definition) is 5. The number of nitrogens with one attached hydrogen (secondary N) is 1.